The molecule has 142 valence electrons. The molecule has 0 atom stereocenters. The third-order valence-electron chi connectivity index (χ3n) is 4.13. The molecule has 3 rings (SSSR count). The third kappa shape index (κ3) is 4.54. The van der Waals surface area contributed by atoms with Gasteiger partial charge >= 0.3 is 0 Å². The molecule has 0 bridgehead atoms. The van der Waals surface area contributed by atoms with E-state index in [9.17, 15) is 9.59 Å². The molecule has 2 N–H and O–H groups in total. The lowest BCUT2D eigenvalue weighted by Gasteiger charge is -2.11. The molecule has 2 aromatic carbocycles. The van der Waals surface area contributed by atoms with Crippen LogP contribution in [0.2, 0.25) is 0 Å². The third-order valence-corrected chi connectivity index (χ3v) is 4.13. The molecule has 6 nitrogen and oxygen atoms in total. The van der Waals surface area contributed by atoms with Gasteiger partial charge in [0, 0.05) is 17.4 Å². The Kier molecular flexibility index (Phi) is 5.69. The molecule has 0 aliphatic heterocycles. The van der Waals surface area contributed by atoms with Gasteiger partial charge < -0.3 is 15.4 Å². The molecule has 2 amide bonds. The first kappa shape index (κ1) is 19.1. The number of hydrogen-bond donors (Lipinski definition) is 2. The van der Waals surface area contributed by atoms with Gasteiger partial charge in [-0.05, 0) is 61.4 Å². The standard InChI is InChI=1S/C22H21N3O3/c1-14-5-4-6-17(11-14)24-21(26)16-9-10-23-19(13-16)22(27)25-18-12-15(2)7-8-20(18)28-3/h4-13H,1-3H3,(H,24,26)(H,25,27). The molecule has 0 saturated carbocycles. The molecule has 0 aliphatic carbocycles. The summed E-state index contributed by atoms with van der Waals surface area (Å²) in [5.41, 5.74) is 3.74. The number of ether oxygens (including phenoxy) is 1. The number of benzene rings is 2. The highest BCUT2D eigenvalue weighted by Crippen LogP contribution is 2.25. The summed E-state index contributed by atoms with van der Waals surface area (Å²) in [4.78, 5) is 29.2. The Morgan fingerprint density at radius 3 is 2.43 bits per heavy atom. The summed E-state index contributed by atoms with van der Waals surface area (Å²) in [6, 6.07) is 16.0. The highest BCUT2D eigenvalue weighted by molar-refractivity contribution is 6.08. The van der Waals surface area contributed by atoms with Gasteiger partial charge in [-0.2, -0.15) is 0 Å². The van der Waals surface area contributed by atoms with Crippen LogP contribution in [0.3, 0.4) is 0 Å². The van der Waals surface area contributed by atoms with Gasteiger partial charge in [-0.3, -0.25) is 14.6 Å². The largest absolute Gasteiger partial charge is 0.495 e. The Hall–Kier alpha value is -3.67. The summed E-state index contributed by atoms with van der Waals surface area (Å²) < 4.78 is 5.28. The maximum absolute atomic E-state index is 12.6. The van der Waals surface area contributed by atoms with Gasteiger partial charge in [0.05, 0.1) is 12.8 Å². The number of amides is 2. The fourth-order valence-corrected chi connectivity index (χ4v) is 2.73. The molecule has 0 fully saturated rings. The Morgan fingerprint density at radius 2 is 1.68 bits per heavy atom. The van der Waals surface area contributed by atoms with E-state index in [1.54, 1.807) is 12.1 Å². The molecular weight excluding hydrogens is 354 g/mol. The molecule has 0 saturated heterocycles. The first-order valence-corrected chi connectivity index (χ1v) is 8.76. The molecule has 3 aromatic rings. The summed E-state index contributed by atoms with van der Waals surface area (Å²) in [7, 11) is 1.54. The number of anilines is 2. The molecule has 1 aromatic heterocycles. The van der Waals surface area contributed by atoms with Crippen LogP contribution in [0.5, 0.6) is 5.75 Å². The summed E-state index contributed by atoms with van der Waals surface area (Å²) in [5, 5.41) is 5.61. The van der Waals surface area contributed by atoms with E-state index in [0.717, 1.165) is 11.1 Å². The first-order valence-electron chi connectivity index (χ1n) is 8.76. The van der Waals surface area contributed by atoms with E-state index in [1.807, 2.05) is 50.2 Å². The number of pyridine rings is 1. The highest BCUT2D eigenvalue weighted by atomic mass is 16.5. The zero-order valence-corrected chi connectivity index (χ0v) is 15.9. The van der Waals surface area contributed by atoms with Crippen LogP contribution < -0.4 is 15.4 Å². The van der Waals surface area contributed by atoms with Crippen molar-refractivity contribution in [3.8, 4) is 5.75 Å². The van der Waals surface area contributed by atoms with Crippen molar-refractivity contribution in [1.82, 2.24) is 4.98 Å². The van der Waals surface area contributed by atoms with Crippen molar-refractivity contribution in [2.24, 2.45) is 0 Å². The summed E-state index contributed by atoms with van der Waals surface area (Å²) in [6.45, 7) is 3.87. The van der Waals surface area contributed by atoms with Crippen LogP contribution in [-0.2, 0) is 0 Å². The van der Waals surface area contributed by atoms with E-state index in [1.165, 1.54) is 19.4 Å². The van der Waals surface area contributed by atoms with Gasteiger partial charge in [-0.1, -0.05) is 18.2 Å². The number of aryl methyl sites for hydroxylation is 2. The van der Waals surface area contributed by atoms with E-state index >= 15 is 0 Å². The van der Waals surface area contributed by atoms with Crippen molar-refractivity contribution in [2.75, 3.05) is 17.7 Å². The van der Waals surface area contributed by atoms with Gasteiger partial charge in [-0.25, -0.2) is 0 Å². The maximum atomic E-state index is 12.6. The molecule has 0 radical (unpaired) electrons. The van der Waals surface area contributed by atoms with E-state index in [0.29, 0.717) is 22.7 Å². The van der Waals surface area contributed by atoms with E-state index < -0.39 is 5.91 Å². The molecule has 0 unspecified atom stereocenters. The number of carbonyl (C=O) groups is 2. The molecule has 0 aliphatic rings. The Bertz CT molecular complexity index is 1030. The second-order valence-electron chi connectivity index (χ2n) is 6.41. The fourth-order valence-electron chi connectivity index (χ4n) is 2.73. The van der Waals surface area contributed by atoms with Crippen molar-refractivity contribution in [1.29, 1.82) is 0 Å². The zero-order valence-electron chi connectivity index (χ0n) is 15.9. The first-order chi connectivity index (χ1) is 13.5. The zero-order chi connectivity index (χ0) is 20.1. The molecule has 0 spiro atoms. The van der Waals surface area contributed by atoms with E-state index in [4.69, 9.17) is 4.74 Å². The minimum atomic E-state index is -0.422. The topological polar surface area (TPSA) is 80.3 Å². The van der Waals surface area contributed by atoms with Gasteiger partial charge in [0.15, 0.2) is 0 Å². The van der Waals surface area contributed by atoms with Crippen LogP contribution in [0.25, 0.3) is 0 Å². The number of aromatic nitrogens is 1. The van der Waals surface area contributed by atoms with Crippen molar-refractivity contribution in [3.63, 3.8) is 0 Å². The van der Waals surface area contributed by atoms with Crippen LogP contribution in [0, 0.1) is 13.8 Å². The number of carbonyl (C=O) groups excluding carboxylic acids is 2. The molecule has 1 heterocycles. The monoisotopic (exact) mass is 375 g/mol. The smallest absolute Gasteiger partial charge is 0.274 e. The maximum Gasteiger partial charge on any atom is 0.274 e. The number of nitrogens with zero attached hydrogens (tertiary/aromatic N) is 1. The van der Waals surface area contributed by atoms with Crippen molar-refractivity contribution in [2.45, 2.75) is 13.8 Å². The number of nitrogens with one attached hydrogen (secondary N) is 2. The summed E-state index contributed by atoms with van der Waals surface area (Å²) in [6.07, 6.45) is 1.44. The van der Waals surface area contributed by atoms with Crippen molar-refractivity contribution >= 4 is 23.2 Å². The van der Waals surface area contributed by atoms with Gasteiger partial charge in [0.1, 0.15) is 11.4 Å². The lowest BCUT2D eigenvalue weighted by molar-refractivity contribution is 0.102. The van der Waals surface area contributed by atoms with Crippen molar-refractivity contribution < 1.29 is 14.3 Å². The van der Waals surface area contributed by atoms with E-state index in [-0.39, 0.29) is 11.6 Å². The SMILES string of the molecule is COc1ccc(C)cc1NC(=O)c1cc(C(=O)Nc2cccc(C)c2)ccn1. The van der Waals surface area contributed by atoms with Crippen LogP contribution in [0.15, 0.2) is 60.8 Å². The van der Waals surface area contributed by atoms with E-state index in [2.05, 4.69) is 15.6 Å². The molecule has 6 heteroatoms. The molecular formula is C22H21N3O3. The normalized spacial score (nSPS) is 10.2. The summed E-state index contributed by atoms with van der Waals surface area (Å²) in [5.74, 6) is -0.184. The lowest BCUT2D eigenvalue weighted by atomic mass is 10.1. The highest BCUT2D eigenvalue weighted by Gasteiger charge is 2.14. The van der Waals surface area contributed by atoms with Gasteiger partial charge in [0.2, 0.25) is 0 Å². The number of hydrogen-bond acceptors (Lipinski definition) is 4. The predicted octanol–water partition coefficient (Wildman–Crippen LogP) is 4.21. The Labute approximate surface area is 163 Å². The average molecular weight is 375 g/mol. The minimum Gasteiger partial charge on any atom is -0.495 e. The van der Waals surface area contributed by atoms with Gasteiger partial charge in [0.25, 0.3) is 11.8 Å². The summed E-state index contributed by atoms with van der Waals surface area (Å²) >= 11 is 0. The second-order valence-corrected chi connectivity index (χ2v) is 6.41. The predicted molar refractivity (Wildman–Crippen MR) is 109 cm³/mol. The fraction of sp³-hybridized carbons (Fsp3) is 0.136. The average Bonchev–Trinajstić information content (AvgIpc) is 2.68. The van der Waals surface area contributed by atoms with Crippen molar-refractivity contribution in [3.05, 3.63) is 83.2 Å². The van der Waals surface area contributed by atoms with Crippen LogP contribution in [-0.4, -0.2) is 23.9 Å². The number of methoxy groups -OCH3 is 1. The van der Waals surface area contributed by atoms with Crippen LogP contribution in [0.1, 0.15) is 32.0 Å². The number of rotatable bonds is 5. The quantitative estimate of drug-likeness (QED) is 0.700. The minimum absolute atomic E-state index is 0.139. The lowest BCUT2D eigenvalue weighted by Crippen LogP contribution is -2.17. The molecule has 28 heavy (non-hydrogen) atoms. The Balaban J connectivity index is 1.78. The second kappa shape index (κ2) is 8.35. The van der Waals surface area contributed by atoms with Crippen LogP contribution in [0.4, 0.5) is 11.4 Å². The Morgan fingerprint density at radius 1 is 0.893 bits per heavy atom. The van der Waals surface area contributed by atoms with Gasteiger partial charge in [-0.15, -0.1) is 0 Å². The van der Waals surface area contributed by atoms with Crippen LogP contribution >= 0.6 is 0 Å².